The van der Waals surface area contributed by atoms with Crippen LogP contribution in [0, 0.1) is 0 Å². The number of aliphatic hydroxyl groups is 11. The van der Waals surface area contributed by atoms with Crippen LogP contribution in [0.4, 0.5) is 0 Å². The number of carboxylic acid groups (broad SMARTS) is 1. The minimum atomic E-state index is -3.08. The molecule has 3 aliphatic heterocycles. The topological polar surface area (TPSA) is 373 Å². The second kappa shape index (κ2) is 43.2. The first-order chi connectivity index (χ1) is 40.4. The van der Waals surface area contributed by atoms with Crippen molar-refractivity contribution in [2.45, 2.75) is 330 Å². The molecule has 84 heavy (non-hydrogen) atoms. The van der Waals surface area contributed by atoms with E-state index in [1.807, 2.05) is 6.08 Å². The monoisotopic (exact) mass is 1210 g/mol. The molecule has 23 nitrogen and oxygen atoms in total. The van der Waals surface area contributed by atoms with Crippen LogP contribution in [-0.4, -0.2) is 215 Å². The summed E-state index contributed by atoms with van der Waals surface area (Å²) in [7, 11) is 0. The maximum atomic E-state index is 13.4. The van der Waals surface area contributed by atoms with Crippen LogP contribution < -0.4 is 10.6 Å². The SMILES string of the molecule is CCCCCCCCCCCCCCCCCC/C=C/C(O)C(COC1OC(CO)C(OC2OC(CO)C(O)C(OC3(C(=O)O)CC(O)C(NC(C)=O)C(C(O)C(O)CO)O3)C2O)C(O)C1O)NC(=O)CCCCCCCCCCCCCC. The lowest BCUT2D eigenvalue weighted by Crippen LogP contribution is -2.70. The largest absolute Gasteiger partial charge is 0.477 e. The smallest absolute Gasteiger partial charge is 0.364 e. The molecule has 492 valence electrons. The van der Waals surface area contributed by atoms with Gasteiger partial charge in [0.1, 0.15) is 67.1 Å². The Hall–Kier alpha value is -2.53. The lowest BCUT2D eigenvalue weighted by atomic mass is 9.88. The summed E-state index contributed by atoms with van der Waals surface area (Å²) < 4.78 is 34.7. The number of unbranched alkanes of at least 4 members (excludes halogenated alkanes) is 27. The minimum Gasteiger partial charge on any atom is -0.477 e. The molecule has 3 heterocycles. The van der Waals surface area contributed by atoms with Gasteiger partial charge in [0.25, 0.3) is 5.79 Å². The first-order valence-corrected chi connectivity index (χ1v) is 32.1. The summed E-state index contributed by atoms with van der Waals surface area (Å²) in [5, 5.41) is 136. The summed E-state index contributed by atoms with van der Waals surface area (Å²) in [6.07, 6.45) is 8.42. The average molecular weight is 1210 g/mol. The number of allylic oxidation sites excluding steroid dienone is 1. The highest BCUT2D eigenvalue weighted by Gasteiger charge is 2.60. The number of nitrogens with one attached hydrogen (secondary N) is 2. The summed E-state index contributed by atoms with van der Waals surface area (Å²) in [5.41, 5.74) is 0. The standard InChI is InChI=1S/C61H112N2O21/c1-4-6-8-10-12-14-16-18-19-20-21-22-23-24-26-28-30-32-34-43(68)42(63-48(71)35-33-31-29-27-25-17-15-13-11-9-7-5-2)40-79-58-53(75)52(74)55(47(39-66)81-58)82-59-54(76)57(51(73)46(38-65)80-59)84-61(60(77)78)36-44(69)49(62-41(3)67)56(83-61)50(72)45(70)37-64/h32,34,42-47,49-59,64-66,68-70,72-76H,4-31,33,35-40H2,1-3H3,(H,62,67)(H,63,71)(H,77,78)/b34-32+. The molecule has 0 radical (unpaired) electrons. The molecule has 0 bridgehead atoms. The van der Waals surface area contributed by atoms with E-state index in [1.54, 1.807) is 6.08 Å². The lowest BCUT2D eigenvalue weighted by molar-refractivity contribution is -0.386. The number of amides is 2. The number of rotatable bonds is 47. The van der Waals surface area contributed by atoms with Crippen LogP contribution in [0.1, 0.15) is 220 Å². The maximum Gasteiger partial charge on any atom is 0.364 e. The highest BCUT2D eigenvalue weighted by Crippen LogP contribution is 2.38. The Morgan fingerprint density at radius 1 is 0.619 bits per heavy atom. The highest BCUT2D eigenvalue weighted by atomic mass is 16.8. The fraction of sp³-hybridized carbons (Fsp3) is 0.918. The van der Waals surface area contributed by atoms with Gasteiger partial charge in [0, 0.05) is 19.8 Å². The van der Waals surface area contributed by atoms with Gasteiger partial charge >= 0.3 is 5.97 Å². The molecule has 0 aromatic carbocycles. The summed E-state index contributed by atoms with van der Waals surface area (Å²) in [4.78, 5) is 38.4. The van der Waals surface area contributed by atoms with Crippen LogP contribution in [0.15, 0.2) is 12.2 Å². The molecule has 3 rings (SSSR count). The van der Waals surface area contributed by atoms with Crippen LogP contribution in [0.2, 0.25) is 0 Å². The Labute approximate surface area is 499 Å². The Morgan fingerprint density at radius 3 is 1.58 bits per heavy atom. The Balaban J connectivity index is 1.65. The number of carboxylic acids is 1. The minimum absolute atomic E-state index is 0.204. The third-order valence-electron chi connectivity index (χ3n) is 16.5. The van der Waals surface area contributed by atoms with E-state index in [2.05, 4.69) is 24.5 Å². The molecule has 23 heteroatoms. The van der Waals surface area contributed by atoms with Gasteiger partial charge in [0.05, 0.1) is 50.7 Å². The van der Waals surface area contributed by atoms with Crippen molar-refractivity contribution in [2.75, 3.05) is 26.4 Å². The van der Waals surface area contributed by atoms with Crippen LogP contribution in [0.5, 0.6) is 0 Å². The number of aliphatic carboxylic acids is 1. The van der Waals surface area contributed by atoms with Gasteiger partial charge in [-0.05, 0) is 19.3 Å². The molecule has 2 amide bonds. The second-order valence-electron chi connectivity index (χ2n) is 23.6. The van der Waals surface area contributed by atoms with Gasteiger partial charge in [-0.1, -0.05) is 193 Å². The van der Waals surface area contributed by atoms with Crippen molar-refractivity contribution < 1.29 is 104 Å². The number of hydrogen-bond donors (Lipinski definition) is 14. The maximum absolute atomic E-state index is 13.4. The van der Waals surface area contributed by atoms with Crippen molar-refractivity contribution in [2.24, 2.45) is 0 Å². The van der Waals surface area contributed by atoms with Crippen LogP contribution in [0.3, 0.4) is 0 Å². The quantitative estimate of drug-likeness (QED) is 0.0303. The van der Waals surface area contributed by atoms with Crippen molar-refractivity contribution in [3.8, 4) is 0 Å². The molecule has 0 spiro atoms. The molecule has 3 aliphatic rings. The highest BCUT2D eigenvalue weighted by molar-refractivity contribution is 5.77. The van der Waals surface area contributed by atoms with Crippen molar-refractivity contribution >= 4 is 17.8 Å². The normalized spacial score (nSPS) is 29.8. The van der Waals surface area contributed by atoms with Crippen molar-refractivity contribution in [1.82, 2.24) is 10.6 Å². The molecular formula is C61H112N2O21. The zero-order chi connectivity index (χ0) is 61.9. The number of aliphatic hydroxyl groups excluding tert-OH is 11. The van der Waals surface area contributed by atoms with Crippen molar-refractivity contribution in [3.05, 3.63) is 12.2 Å². The van der Waals surface area contributed by atoms with E-state index in [1.165, 1.54) is 128 Å². The van der Waals surface area contributed by atoms with Crippen LogP contribution in [-0.2, 0) is 42.8 Å². The molecule has 0 saturated carbocycles. The molecule has 0 aromatic heterocycles. The molecule has 0 aromatic rings. The zero-order valence-electron chi connectivity index (χ0n) is 50.8. The number of carbonyl (C=O) groups excluding carboxylic acids is 2. The third-order valence-corrected chi connectivity index (χ3v) is 16.5. The van der Waals surface area contributed by atoms with E-state index in [-0.39, 0.29) is 12.3 Å². The van der Waals surface area contributed by atoms with Gasteiger partial charge in [-0.25, -0.2) is 4.79 Å². The molecule has 14 N–H and O–H groups in total. The number of hydrogen-bond acceptors (Lipinski definition) is 20. The summed E-state index contributed by atoms with van der Waals surface area (Å²) >= 11 is 0. The molecular weight excluding hydrogens is 1100 g/mol. The van der Waals surface area contributed by atoms with Gasteiger partial charge in [-0.15, -0.1) is 0 Å². The fourth-order valence-corrected chi connectivity index (χ4v) is 11.3. The first-order valence-electron chi connectivity index (χ1n) is 32.1. The predicted molar refractivity (Wildman–Crippen MR) is 311 cm³/mol. The number of ether oxygens (including phenoxy) is 6. The van der Waals surface area contributed by atoms with Crippen LogP contribution in [0.25, 0.3) is 0 Å². The zero-order valence-corrected chi connectivity index (χ0v) is 50.8. The van der Waals surface area contributed by atoms with E-state index < -0.39 is 155 Å². The van der Waals surface area contributed by atoms with E-state index in [9.17, 15) is 75.7 Å². The lowest BCUT2D eigenvalue weighted by Gasteiger charge is -2.50. The number of carbonyl (C=O) groups is 3. The Bertz CT molecular complexity index is 1770. The fourth-order valence-electron chi connectivity index (χ4n) is 11.3. The summed E-state index contributed by atoms with van der Waals surface area (Å²) in [6.45, 7) is 2.11. The Morgan fingerprint density at radius 2 is 1.11 bits per heavy atom. The molecule has 3 saturated heterocycles. The molecule has 18 unspecified atom stereocenters. The van der Waals surface area contributed by atoms with Gasteiger partial charge in [0.15, 0.2) is 12.6 Å². The van der Waals surface area contributed by atoms with Crippen LogP contribution >= 0.6 is 0 Å². The summed E-state index contributed by atoms with van der Waals surface area (Å²) in [6, 6.07) is -2.61. The molecule has 18 atom stereocenters. The van der Waals surface area contributed by atoms with E-state index in [0.717, 1.165) is 51.9 Å². The molecule has 0 aliphatic carbocycles. The van der Waals surface area contributed by atoms with Gasteiger partial charge in [-0.3, -0.25) is 9.59 Å². The van der Waals surface area contributed by atoms with Gasteiger partial charge in [0.2, 0.25) is 11.8 Å². The van der Waals surface area contributed by atoms with Crippen molar-refractivity contribution in [3.63, 3.8) is 0 Å². The Kier molecular flexibility index (Phi) is 38.9. The predicted octanol–water partition coefficient (Wildman–Crippen LogP) is 3.95. The van der Waals surface area contributed by atoms with E-state index >= 15 is 0 Å². The summed E-state index contributed by atoms with van der Waals surface area (Å²) in [5.74, 6) is -6.14. The molecule has 3 fully saturated rings. The van der Waals surface area contributed by atoms with Gasteiger partial charge in [-0.2, -0.15) is 0 Å². The van der Waals surface area contributed by atoms with Gasteiger partial charge < -0.3 is 100 Å². The van der Waals surface area contributed by atoms with E-state index in [0.29, 0.717) is 12.8 Å². The van der Waals surface area contributed by atoms with Crippen molar-refractivity contribution in [1.29, 1.82) is 0 Å². The van der Waals surface area contributed by atoms with E-state index in [4.69, 9.17) is 28.4 Å². The second-order valence-corrected chi connectivity index (χ2v) is 23.6. The average Bonchev–Trinajstić information content (AvgIpc) is 1.34. The third kappa shape index (κ3) is 26.7. The first kappa shape index (κ1) is 75.7.